The van der Waals surface area contributed by atoms with Gasteiger partial charge in [0.15, 0.2) is 0 Å². The summed E-state index contributed by atoms with van der Waals surface area (Å²) < 4.78 is 0. The third kappa shape index (κ3) is 2.28. The maximum Gasteiger partial charge on any atom is 0.312 e. The zero-order chi connectivity index (χ0) is 11.5. The molecule has 3 nitrogen and oxygen atoms in total. The highest BCUT2D eigenvalue weighted by Crippen LogP contribution is 2.35. The Kier molecular flexibility index (Phi) is 3.61. The fourth-order valence-corrected chi connectivity index (χ4v) is 3.52. The van der Waals surface area contributed by atoms with Crippen LogP contribution in [0.3, 0.4) is 0 Å². The highest BCUT2D eigenvalue weighted by molar-refractivity contribution is 7.10. The zero-order valence-corrected chi connectivity index (χ0v) is 10.2. The van der Waals surface area contributed by atoms with Gasteiger partial charge in [-0.1, -0.05) is 0 Å². The average Bonchev–Trinajstić information content (AvgIpc) is 2.66. The molecule has 1 aromatic rings. The van der Waals surface area contributed by atoms with Crippen molar-refractivity contribution in [1.29, 1.82) is 0 Å². The Balaban J connectivity index is 2.23. The first-order valence-electron chi connectivity index (χ1n) is 5.67. The van der Waals surface area contributed by atoms with Gasteiger partial charge in [-0.25, -0.2) is 0 Å². The predicted molar refractivity (Wildman–Crippen MR) is 65.0 cm³/mol. The fraction of sp³-hybridized carbons (Fsp3) is 0.583. The van der Waals surface area contributed by atoms with Crippen molar-refractivity contribution >= 4 is 17.3 Å². The van der Waals surface area contributed by atoms with Crippen LogP contribution >= 0.6 is 11.3 Å². The number of carboxylic acid groups (broad SMARTS) is 1. The topological polar surface area (TPSA) is 49.3 Å². The maximum atomic E-state index is 11.4. The second kappa shape index (κ2) is 4.97. The Labute approximate surface area is 99.5 Å². The van der Waals surface area contributed by atoms with Crippen LogP contribution < -0.4 is 5.32 Å². The first-order chi connectivity index (χ1) is 7.70. The van der Waals surface area contributed by atoms with Gasteiger partial charge in [0.05, 0.1) is 5.92 Å². The van der Waals surface area contributed by atoms with Gasteiger partial charge in [0.25, 0.3) is 0 Å². The molecule has 16 heavy (non-hydrogen) atoms. The molecule has 0 amide bonds. The number of aliphatic carboxylic acids is 1. The number of hydrogen-bond donors (Lipinski definition) is 2. The van der Waals surface area contributed by atoms with Crippen LogP contribution in [0, 0.1) is 12.8 Å². The molecule has 1 unspecified atom stereocenters. The lowest BCUT2D eigenvalue weighted by atomic mass is 9.83. The second-order valence-electron chi connectivity index (χ2n) is 4.37. The molecular formula is C12H17NO2S. The summed E-state index contributed by atoms with van der Waals surface area (Å²) in [4.78, 5) is 12.5. The molecule has 0 saturated carbocycles. The summed E-state index contributed by atoms with van der Waals surface area (Å²) in [6.07, 6.45) is 1.93. The Morgan fingerprint density at radius 2 is 2.25 bits per heavy atom. The average molecular weight is 239 g/mol. The highest BCUT2D eigenvalue weighted by Gasteiger charge is 2.32. The summed E-state index contributed by atoms with van der Waals surface area (Å²) in [5, 5.41) is 14.7. The SMILES string of the molecule is Cc1ccsc1C(C(=O)O)C1CCNCC1. The van der Waals surface area contributed by atoms with Crippen molar-refractivity contribution in [3.8, 4) is 0 Å². The van der Waals surface area contributed by atoms with Gasteiger partial charge >= 0.3 is 5.97 Å². The van der Waals surface area contributed by atoms with E-state index in [9.17, 15) is 9.90 Å². The summed E-state index contributed by atoms with van der Waals surface area (Å²) in [6.45, 7) is 3.89. The van der Waals surface area contributed by atoms with Crippen molar-refractivity contribution in [3.63, 3.8) is 0 Å². The molecule has 0 aromatic carbocycles. The van der Waals surface area contributed by atoms with Crippen LogP contribution in [0.4, 0.5) is 0 Å². The van der Waals surface area contributed by atoms with Crippen molar-refractivity contribution < 1.29 is 9.90 Å². The Hall–Kier alpha value is -0.870. The quantitative estimate of drug-likeness (QED) is 0.850. The number of thiophene rings is 1. The van der Waals surface area contributed by atoms with Crippen molar-refractivity contribution in [2.24, 2.45) is 5.92 Å². The number of aryl methyl sites for hydroxylation is 1. The third-order valence-corrected chi connectivity index (χ3v) is 4.41. The van der Waals surface area contributed by atoms with Gasteiger partial charge in [-0.2, -0.15) is 0 Å². The number of carboxylic acids is 1. The van der Waals surface area contributed by atoms with Crippen molar-refractivity contribution in [3.05, 3.63) is 21.9 Å². The minimum absolute atomic E-state index is 0.288. The lowest BCUT2D eigenvalue weighted by molar-refractivity contribution is -0.140. The van der Waals surface area contributed by atoms with E-state index in [4.69, 9.17) is 0 Å². The van der Waals surface area contributed by atoms with Crippen molar-refractivity contribution in [2.45, 2.75) is 25.7 Å². The molecule has 2 rings (SSSR count). The molecular weight excluding hydrogens is 222 g/mol. The number of nitrogens with one attached hydrogen (secondary N) is 1. The Bertz CT molecular complexity index is 369. The van der Waals surface area contributed by atoms with E-state index in [1.807, 2.05) is 18.4 Å². The largest absolute Gasteiger partial charge is 0.481 e. The van der Waals surface area contributed by atoms with Gasteiger partial charge in [-0.05, 0) is 55.8 Å². The maximum absolute atomic E-state index is 11.4. The van der Waals surface area contributed by atoms with E-state index in [-0.39, 0.29) is 11.8 Å². The first kappa shape index (κ1) is 11.6. The summed E-state index contributed by atoms with van der Waals surface area (Å²) in [7, 11) is 0. The molecule has 0 radical (unpaired) electrons. The molecule has 4 heteroatoms. The minimum atomic E-state index is -0.669. The molecule has 2 N–H and O–H groups in total. The minimum Gasteiger partial charge on any atom is -0.481 e. The van der Waals surface area contributed by atoms with Gasteiger partial charge in [0, 0.05) is 4.88 Å². The number of piperidine rings is 1. The van der Waals surface area contributed by atoms with Gasteiger partial charge < -0.3 is 10.4 Å². The number of hydrogen-bond acceptors (Lipinski definition) is 3. The van der Waals surface area contributed by atoms with Crippen molar-refractivity contribution in [2.75, 3.05) is 13.1 Å². The molecule has 0 spiro atoms. The summed E-state index contributed by atoms with van der Waals surface area (Å²) in [5.74, 6) is -0.685. The van der Waals surface area contributed by atoms with Crippen LogP contribution in [0.2, 0.25) is 0 Å². The molecule has 1 aliphatic rings. The fourth-order valence-electron chi connectivity index (χ4n) is 2.41. The molecule has 0 bridgehead atoms. The smallest absolute Gasteiger partial charge is 0.312 e. The molecule has 1 saturated heterocycles. The van der Waals surface area contributed by atoms with Gasteiger partial charge in [0.2, 0.25) is 0 Å². The molecule has 1 aromatic heterocycles. The van der Waals surface area contributed by atoms with Gasteiger partial charge in [-0.15, -0.1) is 11.3 Å². The molecule has 88 valence electrons. The number of carbonyl (C=O) groups is 1. The number of rotatable bonds is 3. The Morgan fingerprint density at radius 3 is 2.75 bits per heavy atom. The molecule has 1 fully saturated rings. The molecule has 2 heterocycles. The van der Waals surface area contributed by atoms with Crippen LogP contribution in [0.25, 0.3) is 0 Å². The van der Waals surface area contributed by atoms with Crippen LogP contribution in [0.1, 0.15) is 29.2 Å². The summed E-state index contributed by atoms with van der Waals surface area (Å²) >= 11 is 1.58. The predicted octanol–water partition coefficient (Wildman–Crippen LogP) is 2.22. The summed E-state index contributed by atoms with van der Waals surface area (Å²) in [6, 6.07) is 2.01. The van der Waals surface area contributed by atoms with Crippen molar-refractivity contribution in [1.82, 2.24) is 5.32 Å². The summed E-state index contributed by atoms with van der Waals surface area (Å²) in [5.41, 5.74) is 1.12. The third-order valence-electron chi connectivity index (χ3n) is 3.31. The van der Waals surface area contributed by atoms with Crippen LogP contribution in [0.15, 0.2) is 11.4 Å². The van der Waals surface area contributed by atoms with Gasteiger partial charge in [-0.3, -0.25) is 4.79 Å². The van der Waals surface area contributed by atoms with E-state index in [0.717, 1.165) is 36.4 Å². The lowest BCUT2D eigenvalue weighted by Gasteiger charge is -2.27. The zero-order valence-electron chi connectivity index (χ0n) is 9.40. The van der Waals surface area contributed by atoms with Crippen LogP contribution in [0.5, 0.6) is 0 Å². The van der Waals surface area contributed by atoms with E-state index < -0.39 is 5.97 Å². The first-order valence-corrected chi connectivity index (χ1v) is 6.55. The van der Waals surface area contributed by atoms with E-state index in [2.05, 4.69) is 5.32 Å². The Morgan fingerprint density at radius 1 is 1.56 bits per heavy atom. The lowest BCUT2D eigenvalue weighted by Crippen LogP contribution is -2.33. The molecule has 1 aliphatic heterocycles. The normalized spacial score (nSPS) is 19.6. The van der Waals surface area contributed by atoms with Crippen LogP contribution in [-0.2, 0) is 4.79 Å². The van der Waals surface area contributed by atoms with E-state index in [1.54, 1.807) is 11.3 Å². The molecule has 1 atom stereocenters. The van der Waals surface area contributed by atoms with E-state index in [1.165, 1.54) is 0 Å². The highest BCUT2D eigenvalue weighted by atomic mass is 32.1. The molecule has 0 aliphatic carbocycles. The van der Waals surface area contributed by atoms with E-state index in [0.29, 0.717) is 0 Å². The monoisotopic (exact) mass is 239 g/mol. The standard InChI is InChI=1S/C12H17NO2S/c1-8-4-7-16-11(8)10(12(14)15)9-2-5-13-6-3-9/h4,7,9-10,13H,2-3,5-6H2,1H3,(H,14,15). The second-order valence-corrected chi connectivity index (χ2v) is 5.32. The van der Waals surface area contributed by atoms with E-state index >= 15 is 0 Å². The van der Waals surface area contributed by atoms with Gasteiger partial charge in [0.1, 0.15) is 0 Å². The van der Waals surface area contributed by atoms with Crippen LogP contribution in [-0.4, -0.2) is 24.2 Å².